The van der Waals surface area contributed by atoms with Crippen LogP contribution in [0.5, 0.6) is 0 Å². The van der Waals surface area contributed by atoms with E-state index < -0.39 is 5.97 Å². The molecule has 0 bridgehead atoms. The van der Waals surface area contributed by atoms with Crippen molar-refractivity contribution in [2.24, 2.45) is 5.92 Å². The molecule has 1 N–H and O–H groups in total. The molecule has 2 aliphatic rings. The summed E-state index contributed by atoms with van der Waals surface area (Å²) in [4.78, 5) is 25.9. The summed E-state index contributed by atoms with van der Waals surface area (Å²) in [6, 6.07) is 10.3. The van der Waals surface area contributed by atoms with E-state index in [1.165, 1.54) is 5.56 Å². The third-order valence-corrected chi connectivity index (χ3v) is 5.75. The first-order valence-electron chi connectivity index (χ1n) is 9.18. The van der Waals surface area contributed by atoms with Crippen LogP contribution in [0.25, 0.3) is 0 Å². The number of carboxylic acid groups (broad SMARTS) is 1. The van der Waals surface area contributed by atoms with Crippen LogP contribution in [-0.2, 0) is 14.3 Å². The fourth-order valence-electron chi connectivity index (χ4n) is 4.34. The van der Waals surface area contributed by atoms with Crippen molar-refractivity contribution in [2.45, 2.75) is 56.6 Å². The zero-order chi connectivity index (χ0) is 17.8. The normalized spacial score (nSPS) is 29.6. The topological polar surface area (TPSA) is 66.8 Å². The van der Waals surface area contributed by atoms with Gasteiger partial charge in [0.25, 0.3) is 0 Å². The number of hydrogen-bond donors (Lipinski definition) is 1. The molecule has 0 spiro atoms. The third-order valence-electron chi connectivity index (χ3n) is 5.75. The van der Waals surface area contributed by atoms with Gasteiger partial charge in [0.2, 0.25) is 5.91 Å². The molecule has 5 nitrogen and oxygen atoms in total. The molecule has 1 heterocycles. The highest BCUT2D eigenvalue weighted by molar-refractivity contribution is 5.80. The molecule has 1 amide bonds. The van der Waals surface area contributed by atoms with Crippen LogP contribution in [0.3, 0.4) is 0 Å². The van der Waals surface area contributed by atoms with Gasteiger partial charge in [-0.05, 0) is 43.6 Å². The van der Waals surface area contributed by atoms with Gasteiger partial charge in [-0.25, -0.2) is 0 Å². The lowest BCUT2D eigenvalue weighted by Gasteiger charge is -2.32. The second kappa shape index (κ2) is 8.00. The van der Waals surface area contributed by atoms with Gasteiger partial charge in [0, 0.05) is 25.6 Å². The Morgan fingerprint density at radius 3 is 2.44 bits per heavy atom. The van der Waals surface area contributed by atoms with Crippen LogP contribution in [0, 0.1) is 5.92 Å². The van der Waals surface area contributed by atoms with Crippen LogP contribution in [0.15, 0.2) is 30.3 Å². The Balaban J connectivity index is 1.60. The predicted octanol–water partition coefficient (Wildman–Crippen LogP) is 3.05. The average molecular weight is 345 g/mol. The minimum absolute atomic E-state index is 0.00492. The highest BCUT2D eigenvalue weighted by Crippen LogP contribution is 2.37. The Morgan fingerprint density at radius 1 is 1.16 bits per heavy atom. The summed E-state index contributed by atoms with van der Waals surface area (Å²) in [7, 11) is 1.63. The van der Waals surface area contributed by atoms with E-state index in [4.69, 9.17) is 9.84 Å². The van der Waals surface area contributed by atoms with Crippen LogP contribution in [0.1, 0.15) is 50.0 Å². The Morgan fingerprint density at radius 2 is 1.84 bits per heavy atom. The zero-order valence-corrected chi connectivity index (χ0v) is 14.8. The van der Waals surface area contributed by atoms with E-state index in [9.17, 15) is 9.59 Å². The molecule has 1 aromatic carbocycles. The smallest absolute Gasteiger partial charge is 0.305 e. The van der Waals surface area contributed by atoms with Gasteiger partial charge in [0.05, 0.1) is 12.5 Å². The number of amides is 1. The number of methoxy groups -OCH3 is 1. The molecule has 25 heavy (non-hydrogen) atoms. The zero-order valence-electron chi connectivity index (χ0n) is 14.8. The van der Waals surface area contributed by atoms with Gasteiger partial charge < -0.3 is 14.7 Å². The van der Waals surface area contributed by atoms with Crippen molar-refractivity contribution in [3.05, 3.63) is 35.9 Å². The maximum absolute atomic E-state index is 13.0. The molecular weight excluding hydrogens is 318 g/mol. The molecule has 1 aromatic rings. The van der Waals surface area contributed by atoms with Gasteiger partial charge in [-0.2, -0.15) is 0 Å². The van der Waals surface area contributed by atoms with Crippen molar-refractivity contribution in [3.8, 4) is 0 Å². The summed E-state index contributed by atoms with van der Waals surface area (Å²) >= 11 is 0. The second-order valence-corrected chi connectivity index (χ2v) is 7.29. The number of carbonyl (C=O) groups is 2. The predicted molar refractivity (Wildman–Crippen MR) is 94.3 cm³/mol. The number of nitrogens with zero attached hydrogens (tertiary/aromatic N) is 1. The van der Waals surface area contributed by atoms with Gasteiger partial charge in [-0.15, -0.1) is 0 Å². The van der Waals surface area contributed by atoms with Crippen molar-refractivity contribution in [2.75, 3.05) is 13.7 Å². The van der Waals surface area contributed by atoms with E-state index in [2.05, 4.69) is 24.3 Å². The van der Waals surface area contributed by atoms with E-state index in [1.807, 2.05) is 6.07 Å². The van der Waals surface area contributed by atoms with Gasteiger partial charge in [-0.3, -0.25) is 9.59 Å². The SMILES string of the molecule is COC1CC(CC(=O)O)N(C(=O)C2CCC(c3ccccc3)CC2)C1. The van der Waals surface area contributed by atoms with Crippen molar-refractivity contribution < 1.29 is 19.4 Å². The maximum atomic E-state index is 13.0. The number of rotatable bonds is 5. The van der Waals surface area contributed by atoms with Gasteiger partial charge in [0.15, 0.2) is 0 Å². The van der Waals surface area contributed by atoms with E-state index in [0.717, 1.165) is 25.7 Å². The fraction of sp³-hybridized carbons (Fsp3) is 0.600. The van der Waals surface area contributed by atoms with E-state index in [1.54, 1.807) is 12.0 Å². The monoisotopic (exact) mass is 345 g/mol. The summed E-state index contributed by atoms with van der Waals surface area (Å²) in [5, 5.41) is 9.12. The first kappa shape index (κ1) is 17.9. The van der Waals surface area contributed by atoms with E-state index in [0.29, 0.717) is 18.9 Å². The summed E-state index contributed by atoms with van der Waals surface area (Å²) in [6.07, 6.45) is 4.38. The summed E-state index contributed by atoms with van der Waals surface area (Å²) in [5.41, 5.74) is 1.36. The van der Waals surface area contributed by atoms with Gasteiger partial charge in [-0.1, -0.05) is 30.3 Å². The first-order chi connectivity index (χ1) is 12.1. The number of benzene rings is 1. The number of hydrogen-bond acceptors (Lipinski definition) is 3. The molecule has 1 aliphatic carbocycles. The standard InChI is InChI=1S/C20H27NO4/c1-25-18-11-17(12-19(22)23)21(13-18)20(24)16-9-7-15(8-10-16)14-5-3-2-4-6-14/h2-6,15-18H,7-13H2,1H3,(H,22,23). The molecule has 2 unspecified atom stereocenters. The summed E-state index contributed by atoms with van der Waals surface area (Å²) in [5.74, 6) is -0.179. The van der Waals surface area contributed by atoms with Crippen molar-refractivity contribution in [1.29, 1.82) is 0 Å². The molecule has 1 saturated heterocycles. The lowest BCUT2D eigenvalue weighted by Crippen LogP contribution is -2.42. The molecule has 3 rings (SSSR count). The maximum Gasteiger partial charge on any atom is 0.305 e. The quantitative estimate of drug-likeness (QED) is 0.891. The highest BCUT2D eigenvalue weighted by Gasteiger charge is 2.39. The molecule has 0 aromatic heterocycles. The molecule has 2 atom stereocenters. The number of ether oxygens (including phenoxy) is 1. The Bertz CT molecular complexity index is 595. The molecule has 0 radical (unpaired) electrons. The highest BCUT2D eigenvalue weighted by atomic mass is 16.5. The van der Waals surface area contributed by atoms with Crippen molar-refractivity contribution in [1.82, 2.24) is 4.90 Å². The molecular formula is C20H27NO4. The summed E-state index contributed by atoms with van der Waals surface area (Å²) < 4.78 is 5.38. The number of aliphatic carboxylic acids is 1. The molecule has 1 aliphatic heterocycles. The summed E-state index contributed by atoms with van der Waals surface area (Å²) in [6.45, 7) is 0.520. The largest absolute Gasteiger partial charge is 0.481 e. The van der Waals surface area contributed by atoms with Crippen molar-refractivity contribution >= 4 is 11.9 Å². The Kier molecular flexibility index (Phi) is 5.74. The fourth-order valence-corrected chi connectivity index (χ4v) is 4.34. The third kappa shape index (κ3) is 4.21. The Hall–Kier alpha value is -1.88. The lowest BCUT2D eigenvalue weighted by molar-refractivity contribution is -0.141. The van der Waals surface area contributed by atoms with Gasteiger partial charge >= 0.3 is 5.97 Å². The first-order valence-corrected chi connectivity index (χ1v) is 9.18. The van der Waals surface area contributed by atoms with Crippen LogP contribution in [0.4, 0.5) is 0 Å². The second-order valence-electron chi connectivity index (χ2n) is 7.29. The van der Waals surface area contributed by atoms with E-state index in [-0.39, 0.29) is 30.4 Å². The molecule has 2 fully saturated rings. The molecule has 1 saturated carbocycles. The van der Waals surface area contributed by atoms with Crippen LogP contribution in [-0.4, -0.2) is 47.7 Å². The lowest BCUT2D eigenvalue weighted by atomic mass is 9.78. The minimum atomic E-state index is -0.854. The minimum Gasteiger partial charge on any atom is -0.481 e. The van der Waals surface area contributed by atoms with Gasteiger partial charge in [0.1, 0.15) is 0 Å². The molecule has 136 valence electrons. The molecule has 5 heteroatoms. The number of carboxylic acids is 1. The van der Waals surface area contributed by atoms with Crippen molar-refractivity contribution in [3.63, 3.8) is 0 Å². The number of carbonyl (C=O) groups excluding carboxylic acids is 1. The van der Waals surface area contributed by atoms with E-state index >= 15 is 0 Å². The van der Waals surface area contributed by atoms with Crippen LogP contribution >= 0.6 is 0 Å². The van der Waals surface area contributed by atoms with Crippen LogP contribution < -0.4 is 0 Å². The number of likely N-dealkylation sites (tertiary alicyclic amines) is 1. The van der Waals surface area contributed by atoms with Crippen LogP contribution in [0.2, 0.25) is 0 Å². The average Bonchev–Trinajstić information content (AvgIpc) is 3.04. The Labute approximate surface area is 149 Å².